The second kappa shape index (κ2) is 11.3. The number of benzene rings is 3. The zero-order chi connectivity index (χ0) is 26.6. The van der Waals surface area contributed by atoms with E-state index in [9.17, 15) is 31.4 Å². The maximum Gasteiger partial charge on any atom is 0.446 e. The smallest absolute Gasteiger partial charge is 0.446 e. The van der Waals surface area contributed by atoms with Gasteiger partial charge in [-0.3, -0.25) is 0 Å². The maximum atomic E-state index is 13.1. The van der Waals surface area contributed by atoms with Crippen LogP contribution in [0.5, 0.6) is 5.75 Å². The lowest BCUT2D eigenvalue weighted by atomic mass is 10.1. The van der Waals surface area contributed by atoms with Gasteiger partial charge < -0.3 is 14.7 Å². The number of anilines is 1. The lowest BCUT2D eigenvalue weighted by molar-refractivity contribution is -0.137. The summed E-state index contributed by atoms with van der Waals surface area (Å²) in [4.78, 5) is 1.88. The molecule has 0 spiro atoms. The van der Waals surface area contributed by atoms with Crippen LogP contribution in [0.2, 0.25) is 0 Å². The van der Waals surface area contributed by atoms with Crippen LogP contribution in [-0.2, 0) is 19.3 Å². The third-order valence-corrected chi connectivity index (χ3v) is 6.83. The summed E-state index contributed by atoms with van der Waals surface area (Å²) < 4.78 is 84.1. The van der Waals surface area contributed by atoms with Crippen LogP contribution in [0.4, 0.5) is 32.0 Å². The van der Waals surface area contributed by atoms with Crippen molar-refractivity contribution < 1.29 is 36.2 Å². The number of hydrogen-bond acceptors (Lipinski definition) is 4. The molecule has 0 heterocycles. The molecular formula is C27H25F6NO2S. The molecule has 37 heavy (non-hydrogen) atoms. The van der Waals surface area contributed by atoms with Gasteiger partial charge in [0.1, 0.15) is 12.4 Å². The second-order valence-corrected chi connectivity index (χ2v) is 10.0. The highest BCUT2D eigenvalue weighted by atomic mass is 32.2. The Morgan fingerprint density at radius 1 is 0.919 bits per heavy atom. The summed E-state index contributed by atoms with van der Waals surface area (Å²) in [5, 5.41) is 10.6. The summed E-state index contributed by atoms with van der Waals surface area (Å²) in [6.07, 6.45) is -3.30. The molecule has 0 bridgehead atoms. The molecular weight excluding hydrogens is 516 g/mol. The third-order valence-electron chi connectivity index (χ3n) is 5.98. The predicted molar refractivity (Wildman–Crippen MR) is 130 cm³/mol. The number of aliphatic hydroxyl groups excluding tert-OH is 1. The number of ether oxygens (including phenoxy) is 1. The number of hydrogen-bond donors (Lipinski definition) is 1. The van der Waals surface area contributed by atoms with Crippen LogP contribution < -0.4 is 9.64 Å². The summed E-state index contributed by atoms with van der Waals surface area (Å²) in [5.41, 5.74) is -3.78. The molecule has 1 fully saturated rings. The van der Waals surface area contributed by atoms with Crippen molar-refractivity contribution in [2.45, 2.75) is 48.7 Å². The molecule has 1 unspecified atom stereocenters. The molecule has 1 aliphatic rings. The Bertz CT molecular complexity index is 1200. The SMILES string of the molecule is OC(CN(Cc1ccccc1SC(F)(F)F)c1cccc(OCc2cccc(C(F)(F)F)c2)c1)C1CC1. The van der Waals surface area contributed by atoms with E-state index >= 15 is 0 Å². The standard InChI is InChI=1S/C27H25F6NO2S/c28-26(29,30)21-7-3-5-18(13-21)17-36-23-9-4-8-22(14-23)34(16-24(35)19-11-12-19)15-20-6-1-2-10-25(20)37-27(31,32)33/h1-10,13-14,19,24,35H,11-12,15-17H2. The highest BCUT2D eigenvalue weighted by Gasteiger charge is 2.33. The van der Waals surface area contributed by atoms with Crippen molar-refractivity contribution in [2.75, 3.05) is 11.4 Å². The number of nitrogens with zero attached hydrogens (tertiary/aromatic N) is 1. The van der Waals surface area contributed by atoms with E-state index in [1.807, 2.05) is 0 Å². The third kappa shape index (κ3) is 8.07. The fourth-order valence-electron chi connectivity index (χ4n) is 3.96. The van der Waals surface area contributed by atoms with Crippen LogP contribution >= 0.6 is 11.8 Å². The Hall–Kier alpha value is -2.85. The van der Waals surface area contributed by atoms with Crippen molar-refractivity contribution in [1.82, 2.24) is 0 Å². The van der Waals surface area contributed by atoms with E-state index in [-0.39, 0.29) is 42.3 Å². The summed E-state index contributed by atoms with van der Waals surface area (Å²) in [7, 11) is 0. The summed E-state index contributed by atoms with van der Waals surface area (Å²) in [6.45, 7) is 0.246. The second-order valence-electron chi connectivity index (χ2n) is 8.92. The number of halogens is 6. The topological polar surface area (TPSA) is 32.7 Å². The summed E-state index contributed by atoms with van der Waals surface area (Å²) in [6, 6.07) is 17.9. The van der Waals surface area contributed by atoms with Gasteiger partial charge >= 0.3 is 11.7 Å². The predicted octanol–water partition coefficient (Wildman–Crippen LogP) is 7.67. The number of rotatable bonds is 10. The lowest BCUT2D eigenvalue weighted by Gasteiger charge is -2.29. The van der Waals surface area contributed by atoms with E-state index in [4.69, 9.17) is 4.74 Å². The van der Waals surface area contributed by atoms with Crippen molar-refractivity contribution in [2.24, 2.45) is 5.92 Å². The summed E-state index contributed by atoms with van der Waals surface area (Å²) >= 11 is -0.180. The zero-order valence-electron chi connectivity index (χ0n) is 19.6. The normalized spacial score (nSPS) is 14.9. The van der Waals surface area contributed by atoms with Gasteiger partial charge in [-0.25, -0.2) is 0 Å². The average Bonchev–Trinajstić information content (AvgIpc) is 3.68. The molecule has 3 aromatic rings. The monoisotopic (exact) mass is 541 g/mol. The van der Waals surface area contributed by atoms with Crippen LogP contribution in [0.15, 0.2) is 77.7 Å². The fourth-order valence-corrected chi connectivity index (χ4v) is 4.62. The van der Waals surface area contributed by atoms with Gasteiger partial charge in [0.05, 0.1) is 11.7 Å². The molecule has 10 heteroatoms. The first-order valence-corrected chi connectivity index (χ1v) is 12.5. The van der Waals surface area contributed by atoms with Crippen LogP contribution in [0, 0.1) is 5.92 Å². The molecule has 198 valence electrons. The molecule has 1 saturated carbocycles. The Morgan fingerprint density at radius 3 is 2.35 bits per heavy atom. The van der Waals surface area contributed by atoms with Crippen LogP contribution in [-0.4, -0.2) is 23.3 Å². The van der Waals surface area contributed by atoms with Gasteiger partial charge in [0.15, 0.2) is 0 Å². The highest BCUT2D eigenvalue weighted by molar-refractivity contribution is 8.00. The molecule has 0 amide bonds. The van der Waals surface area contributed by atoms with E-state index in [0.29, 0.717) is 22.6 Å². The largest absolute Gasteiger partial charge is 0.489 e. The Kier molecular flexibility index (Phi) is 8.28. The number of alkyl halides is 6. The minimum absolute atomic E-state index is 0.0814. The first-order valence-electron chi connectivity index (χ1n) is 11.6. The van der Waals surface area contributed by atoms with Gasteiger partial charge in [-0.15, -0.1) is 0 Å². The van der Waals surface area contributed by atoms with Crippen molar-refractivity contribution in [1.29, 1.82) is 0 Å². The Morgan fingerprint density at radius 2 is 1.65 bits per heavy atom. The molecule has 4 rings (SSSR count). The van der Waals surface area contributed by atoms with E-state index < -0.39 is 23.4 Å². The van der Waals surface area contributed by atoms with E-state index in [1.165, 1.54) is 18.2 Å². The molecule has 3 aromatic carbocycles. The van der Waals surface area contributed by atoms with Gasteiger partial charge in [0.2, 0.25) is 0 Å². The highest BCUT2D eigenvalue weighted by Crippen LogP contribution is 2.40. The molecule has 0 aliphatic heterocycles. The molecule has 1 atom stereocenters. The molecule has 1 aliphatic carbocycles. The minimum atomic E-state index is -4.46. The number of aliphatic hydroxyl groups is 1. The van der Waals surface area contributed by atoms with Gasteiger partial charge in [-0.05, 0) is 72.0 Å². The lowest BCUT2D eigenvalue weighted by Crippen LogP contribution is -2.33. The maximum absolute atomic E-state index is 13.1. The zero-order valence-corrected chi connectivity index (χ0v) is 20.4. The first-order chi connectivity index (χ1) is 17.5. The van der Waals surface area contributed by atoms with E-state index in [0.717, 1.165) is 25.0 Å². The van der Waals surface area contributed by atoms with Gasteiger partial charge in [0, 0.05) is 29.7 Å². The Labute approximate surface area is 215 Å². The van der Waals surface area contributed by atoms with Crippen molar-refractivity contribution >= 4 is 17.4 Å². The van der Waals surface area contributed by atoms with E-state index in [2.05, 4.69) is 0 Å². The fraction of sp³-hybridized carbons (Fsp3) is 0.333. The van der Waals surface area contributed by atoms with Crippen molar-refractivity contribution in [3.05, 3.63) is 89.5 Å². The molecule has 0 saturated heterocycles. The molecule has 1 N–H and O–H groups in total. The average molecular weight is 542 g/mol. The minimum Gasteiger partial charge on any atom is -0.489 e. The van der Waals surface area contributed by atoms with E-state index in [1.54, 1.807) is 47.4 Å². The van der Waals surface area contributed by atoms with Crippen LogP contribution in [0.25, 0.3) is 0 Å². The van der Waals surface area contributed by atoms with Crippen molar-refractivity contribution in [3.63, 3.8) is 0 Å². The molecule has 3 nitrogen and oxygen atoms in total. The number of thioether (sulfide) groups is 1. The molecule has 0 aromatic heterocycles. The Balaban J connectivity index is 1.54. The van der Waals surface area contributed by atoms with Crippen molar-refractivity contribution in [3.8, 4) is 5.75 Å². The van der Waals surface area contributed by atoms with Crippen LogP contribution in [0.1, 0.15) is 29.5 Å². The first kappa shape index (κ1) is 27.2. The van der Waals surface area contributed by atoms with Gasteiger partial charge in [-0.1, -0.05) is 36.4 Å². The van der Waals surface area contributed by atoms with Gasteiger partial charge in [0.25, 0.3) is 0 Å². The summed E-state index contributed by atoms with van der Waals surface area (Å²) in [5.74, 6) is 0.543. The van der Waals surface area contributed by atoms with Gasteiger partial charge in [-0.2, -0.15) is 26.3 Å². The quantitative estimate of drug-likeness (QED) is 0.211. The van der Waals surface area contributed by atoms with Crippen LogP contribution in [0.3, 0.4) is 0 Å². The molecule has 0 radical (unpaired) electrons.